The number of para-hydroxylation sites is 2. The zero-order valence-corrected chi connectivity index (χ0v) is 30.9. The fraction of sp³-hybridized carbons (Fsp3) is 0. The fourth-order valence-corrected chi connectivity index (χ4v) is 8.33. The Bertz CT molecular complexity index is 3210. The first kappa shape index (κ1) is 32.7. The van der Waals surface area contributed by atoms with E-state index in [1.807, 2.05) is 36.4 Å². The fourth-order valence-electron chi connectivity index (χ4n) is 8.33. The Labute approximate surface area is 330 Å². The van der Waals surface area contributed by atoms with Crippen LogP contribution in [0.15, 0.2) is 206 Å². The van der Waals surface area contributed by atoms with Gasteiger partial charge in [-0.15, -0.1) is 0 Å². The van der Waals surface area contributed by atoms with Crippen molar-refractivity contribution in [3.05, 3.63) is 206 Å². The normalized spacial score (nSPS) is 11.5. The molecular weight excluding hydrogens is 693 g/mol. The summed E-state index contributed by atoms with van der Waals surface area (Å²) in [4.78, 5) is 15.6. The Morgan fingerprint density at radius 3 is 1.65 bits per heavy atom. The molecule has 0 radical (unpaired) electrons. The molecular formula is C53H34N4. The van der Waals surface area contributed by atoms with E-state index in [0.717, 1.165) is 72.6 Å². The molecule has 0 fully saturated rings. The van der Waals surface area contributed by atoms with Gasteiger partial charge in [-0.25, -0.2) is 15.0 Å². The van der Waals surface area contributed by atoms with Gasteiger partial charge < -0.3 is 4.57 Å². The molecule has 0 bridgehead atoms. The molecule has 0 amide bonds. The van der Waals surface area contributed by atoms with Gasteiger partial charge in [0.05, 0.1) is 33.6 Å². The van der Waals surface area contributed by atoms with Gasteiger partial charge >= 0.3 is 0 Å². The summed E-state index contributed by atoms with van der Waals surface area (Å²) in [6, 6.07) is 72.5. The molecule has 266 valence electrons. The first-order chi connectivity index (χ1) is 28.3. The molecule has 0 atom stereocenters. The molecule has 8 aromatic carbocycles. The SMILES string of the molecule is c1ccc(-c2cc(-c3cccc(-c4ccc5c(c4)nc(-c4ccccc4)c4c5ccc5c4c4ccccc4n5-c4ccccc4)c3)nc(-c3ccccc3)n2)cc1. The van der Waals surface area contributed by atoms with Crippen LogP contribution in [-0.2, 0) is 0 Å². The van der Waals surface area contributed by atoms with E-state index in [4.69, 9.17) is 15.0 Å². The van der Waals surface area contributed by atoms with Gasteiger partial charge in [0.15, 0.2) is 5.82 Å². The van der Waals surface area contributed by atoms with Crippen molar-refractivity contribution in [2.24, 2.45) is 0 Å². The van der Waals surface area contributed by atoms with E-state index in [1.54, 1.807) is 0 Å². The Balaban J connectivity index is 1.10. The highest BCUT2D eigenvalue weighted by Gasteiger charge is 2.20. The zero-order valence-electron chi connectivity index (χ0n) is 30.9. The number of aromatic nitrogens is 4. The Morgan fingerprint density at radius 2 is 0.895 bits per heavy atom. The molecule has 0 saturated carbocycles. The van der Waals surface area contributed by atoms with Crippen molar-refractivity contribution in [3.63, 3.8) is 0 Å². The van der Waals surface area contributed by atoms with Crippen LogP contribution in [0.3, 0.4) is 0 Å². The maximum absolute atomic E-state index is 5.54. The van der Waals surface area contributed by atoms with Crippen molar-refractivity contribution >= 4 is 43.5 Å². The molecule has 0 aliphatic rings. The topological polar surface area (TPSA) is 43.6 Å². The summed E-state index contributed by atoms with van der Waals surface area (Å²) in [6.07, 6.45) is 0. The number of pyridine rings is 1. The summed E-state index contributed by atoms with van der Waals surface area (Å²) in [7, 11) is 0. The number of hydrogen-bond acceptors (Lipinski definition) is 3. The highest BCUT2D eigenvalue weighted by molar-refractivity contribution is 6.28. The standard InChI is InChI=1S/C53H34N4/c1-5-16-35(17-6-1)45-34-46(56-53(55-45)37-20-9-3-10-21-37)40-23-15-22-38(32-40)39-28-29-42-43-30-31-49-50(51(43)52(54-47(42)33-39)36-18-7-2-8-19-36)44-26-13-14-27-48(44)57(49)41-24-11-4-12-25-41/h1-34H. The first-order valence-corrected chi connectivity index (χ1v) is 19.3. The Morgan fingerprint density at radius 1 is 0.316 bits per heavy atom. The van der Waals surface area contributed by atoms with Crippen LogP contribution < -0.4 is 0 Å². The second-order valence-corrected chi connectivity index (χ2v) is 14.4. The van der Waals surface area contributed by atoms with Gasteiger partial charge in [-0.3, -0.25) is 0 Å². The lowest BCUT2D eigenvalue weighted by Gasteiger charge is -2.14. The van der Waals surface area contributed by atoms with Crippen LogP contribution in [0.4, 0.5) is 0 Å². The smallest absolute Gasteiger partial charge is 0.160 e. The number of benzene rings is 8. The largest absolute Gasteiger partial charge is 0.309 e. The summed E-state index contributed by atoms with van der Waals surface area (Å²) in [6.45, 7) is 0. The van der Waals surface area contributed by atoms with Crippen LogP contribution in [0.5, 0.6) is 0 Å². The minimum Gasteiger partial charge on any atom is -0.309 e. The molecule has 3 heterocycles. The maximum atomic E-state index is 5.54. The molecule has 0 aliphatic heterocycles. The van der Waals surface area contributed by atoms with Crippen LogP contribution in [0.1, 0.15) is 0 Å². The third-order valence-corrected chi connectivity index (χ3v) is 11.0. The van der Waals surface area contributed by atoms with E-state index in [9.17, 15) is 0 Å². The van der Waals surface area contributed by atoms with Gasteiger partial charge in [-0.2, -0.15) is 0 Å². The lowest BCUT2D eigenvalue weighted by molar-refractivity contribution is 1.18. The highest BCUT2D eigenvalue weighted by atomic mass is 15.0. The molecule has 57 heavy (non-hydrogen) atoms. The average Bonchev–Trinajstić information content (AvgIpc) is 3.64. The van der Waals surface area contributed by atoms with E-state index >= 15 is 0 Å². The number of rotatable bonds is 6. The van der Waals surface area contributed by atoms with E-state index in [2.05, 4.69) is 174 Å². The summed E-state index contributed by atoms with van der Waals surface area (Å²) in [5.41, 5.74) is 13.5. The van der Waals surface area contributed by atoms with Gasteiger partial charge in [0.25, 0.3) is 0 Å². The molecule has 0 N–H and O–H groups in total. The van der Waals surface area contributed by atoms with Crippen molar-refractivity contribution in [2.45, 2.75) is 0 Å². The first-order valence-electron chi connectivity index (χ1n) is 19.3. The van der Waals surface area contributed by atoms with Gasteiger partial charge in [-0.1, -0.05) is 164 Å². The van der Waals surface area contributed by atoms with Crippen molar-refractivity contribution in [3.8, 4) is 62.0 Å². The molecule has 11 rings (SSSR count). The predicted octanol–water partition coefficient (Wildman–Crippen LogP) is 13.6. The molecule has 4 nitrogen and oxygen atoms in total. The molecule has 11 aromatic rings. The van der Waals surface area contributed by atoms with Crippen molar-refractivity contribution < 1.29 is 0 Å². The monoisotopic (exact) mass is 726 g/mol. The molecule has 4 heteroatoms. The van der Waals surface area contributed by atoms with Crippen LogP contribution >= 0.6 is 0 Å². The van der Waals surface area contributed by atoms with Crippen molar-refractivity contribution in [2.75, 3.05) is 0 Å². The lowest BCUT2D eigenvalue weighted by atomic mass is 9.94. The highest BCUT2D eigenvalue weighted by Crippen LogP contribution is 2.43. The Hall–Kier alpha value is -7.69. The van der Waals surface area contributed by atoms with Gasteiger partial charge in [0.2, 0.25) is 0 Å². The quantitative estimate of drug-likeness (QED) is 0.160. The number of hydrogen-bond donors (Lipinski definition) is 0. The van der Waals surface area contributed by atoms with Crippen LogP contribution in [0.25, 0.3) is 105 Å². The summed E-state index contributed by atoms with van der Waals surface area (Å²) >= 11 is 0. The van der Waals surface area contributed by atoms with E-state index in [-0.39, 0.29) is 0 Å². The van der Waals surface area contributed by atoms with Crippen LogP contribution in [0, 0.1) is 0 Å². The van der Waals surface area contributed by atoms with Crippen LogP contribution in [-0.4, -0.2) is 19.5 Å². The minimum absolute atomic E-state index is 0.702. The minimum atomic E-state index is 0.702. The molecule has 0 spiro atoms. The second-order valence-electron chi connectivity index (χ2n) is 14.4. The third-order valence-electron chi connectivity index (χ3n) is 11.0. The van der Waals surface area contributed by atoms with Crippen LogP contribution in [0.2, 0.25) is 0 Å². The van der Waals surface area contributed by atoms with Gasteiger partial charge in [0.1, 0.15) is 0 Å². The maximum Gasteiger partial charge on any atom is 0.160 e. The second kappa shape index (κ2) is 13.6. The summed E-state index contributed by atoms with van der Waals surface area (Å²) < 4.78 is 2.38. The van der Waals surface area contributed by atoms with Gasteiger partial charge in [-0.05, 0) is 59.0 Å². The molecule has 3 aromatic heterocycles. The van der Waals surface area contributed by atoms with Crippen molar-refractivity contribution in [1.29, 1.82) is 0 Å². The molecule has 0 aliphatic carbocycles. The van der Waals surface area contributed by atoms with Crippen molar-refractivity contribution in [1.82, 2.24) is 19.5 Å². The average molecular weight is 727 g/mol. The predicted molar refractivity (Wildman–Crippen MR) is 236 cm³/mol. The Kier molecular flexibility index (Phi) is 7.78. The third kappa shape index (κ3) is 5.66. The number of fused-ring (bicyclic) bond motifs is 7. The summed E-state index contributed by atoms with van der Waals surface area (Å²) in [5.74, 6) is 0.702. The number of nitrogens with zero attached hydrogens (tertiary/aromatic N) is 4. The van der Waals surface area contributed by atoms with E-state index in [1.165, 1.54) is 27.1 Å². The van der Waals surface area contributed by atoms with E-state index in [0.29, 0.717) is 5.82 Å². The molecule has 0 saturated heterocycles. The molecule has 0 unspecified atom stereocenters. The zero-order chi connectivity index (χ0) is 37.7. The van der Waals surface area contributed by atoms with E-state index < -0.39 is 0 Å². The summed E-state index contributed by atoms with van der Waals surface area (Å²) in [5, 5.41) is 5.90. The van der Waals surface area contributed by atoms with Gasteiger partial charge in [0, 0.05) is 49.5 Å². The lowest BCUT2D eigenvalue weighted by Crippen LogP contribution is -1.96.